The Balaban J connectivity index is 2.39. The smallest absolute Gasteiger partial charge is 0.337 e. The molecule has 13 heavy (non-hydrogen) atoms. The highest BCUT2D eigenvalue weighted by Crippen LogP contribution is 2.07. The van der Waals surface area contributed by atoms with Crippen molar-refractivity contribution in [1.29, 1.82) is 0 Å². The first-order valence-corrected chi connectivity index (χ1v) is 3.67. The molecule has 1 heterocycles. The average Bonchev–Trinajstić information content (AvgIpc) is 2.17. The van der Waals surface area contributed by atoms with Crippen LogP contribution in [0.15, 0.2) is 0 Å². The van der Waals surface area contributed by atoms with Crippen LogP contribution in [-0.4, -0.2) is 44.5 Å². The minimum atomic E-state index is -1.34. The Hall–Kier alpha value is -1.14. The van der Waals surface area contributed by atoms with Gasteiger partial charge in [0.25, 0.3) is 0 Å². The summed E-state index contributed by atoms with van der Waals surface area (Å²) < 4.78 is 14.0. The van der Waals surface area contributed by atoms with Gasteiger partial charge in [-0.1, -0.05) is 0 Å². The molecular weight excluding hydrogens is 180 g/mol. The van der Waals surface area contributed by atoms with Crippen LogP contribution in [0.2, 0.25) is 0 Å². The first kappa shape index (κ1) is 9.94. The van der Waals surface area contributed by atoms with Crippen LogP contribution in [0, 0.1) is 0 Å². The van der Waals surface area contributed by atoms with Crippen LogP contribution in [-0.2, 0) is 23.8 Å². The van der Waals surface area contributed by atoms with Crippen molar-refractivity contribution in [3.05, 3.63) is 0 Å². The molecule has 1 rings (SSSR count). The normalized spacial score (nSPS) is 28.1. The lowest BCUT2D eigenvalue weighted by Gasteiger charge is -2.28. The van der Waals surface area contributed by atoms with E-state index < -0.39 is 24.1 Å². The molecule has 0 amide bonds. The van der Waals surface area contributed by atoms with Gasteiger partial charge in [-0.05, 0) is 0 Å². The van der Waals surface area contributed by atoms with Crippen molar-refractivity contribution in [1.82, 2.24) is 0 Å². The molecule has 6 heteroatoms. The van der Waals surface area contributed by atoms with Crippen molar-refractivity contribution in [2.75, 3.05) is 20.3 Å². The zero-order valence-corrected chi connectivity index (χ0v) is 7.02. The number of carbonyl (C=O) groups is 2. The van der Waals surface area contributed by atoms with E-state index in [9.17, 15) is 14.7 Å². The number of hydrogen-bond acceptors (Lipinski definition) is 6. The molecule has 2 unspecified atom stereocenters. The standard InChI is InChI=1S/C7H10O6/c1-11-7(10)5-3-12-4(2-13-5)6(8)9/h4-5H,2-3H2,1H3,(H,8,9)/p-1. The topological polar surface area (TPSA) is 84.9 Å². The average molecular weight is 189 g/mol. The van der Waals surface area contributed by atoms with Crippen molar-refractivity contribution >= 4 is 11.9 Å². The summed E-state index contributed by atoms with van der Waals surface area (Å²) in [5, 5.41) is 10.3. The summed E-state index contributed by atoms with van der Waals surface area (Å²) in [7, 11) is 1.22. The van der Waals surface area contributed by atoms with Crippen LogP contribution in [0.3, 0.4) is 0 Å². The summed E-state index contributed by atoms with van der Waals surface area (Å²) in [6.45, 7) is -0.312. The van der Waals surface area contributed by atoms with Gasteiger partial charge in [0.15, 0.2) is 6.10 Å². The lowest BCUT2D eigenvalue weighted by atomic mass is 10.3. The predicted molar refractivity (Wildman–Crippen MR) is 36.5 cm³/mol. The number of carbonyl (C=O) groups excluding carboxylic acids is 2. The Morgan fingerprint density at radius 1 is 1.31 bits per heavy atom. The third-order valence-electron chi connectivity index (χ3n) is 1.62. The molecule has 0 N–H and O–H groups in total. The maximum absolute atomic E-state index is 10.9. The van der Waals surface area contributed by atoms with E-state index in [1.807, 2.05) is 0 Å². The van der Waals surface area contributed by atoms with E-state index in [2.05, 4.69) is 4.74 Å². The van der Waals surface area contributed by atoms with Crippen LogP contribution in [0.1, 0.15) is 0 Å². The minimum absolute atomic E-state index is 0.120. The Morgan fingerprint density at radius 2 is 1.85 bits per heavy atom. The van der Waals surface area contributed by atoms with Crippen LogP contribution in [0.25, 0.3) is 0 Å². The number of methoxy groups -OCH3 is 1. The molecule has 0 aromatic heterocycles. The quantitative estimate of drug-likeness (QED) is 0.454. The van der Waals surface area contributed by atoms with Crippen molar-refractivity contribution < 1.29 is 28.9 Å². The summed E-state index contributed by atoms with van der Waals surface area (Å²) in [6, 6.07) is 0. The molecule has 0 bridgehead atoms. The van der Waals surface area contributed by atoms with Crippen molar-refractivity contribution in [3.8, 4) is 0 Å². The second-order valence-corrected chi connectivity index (χ2v) is 2.49. The molecule has 2 atom stereocenters. The van der Waals surface area contributed by atoms with Crippen LogP contribution in [0.4, 0.5) is 0 Å². The summed E-state index contributed by atoms with van der Waals surface area (Å²) in [6.07, 6.45) is -1.93. The third kappa shape index (κ3) is 2.40. The van der Waals surface area contributed by atoms with Crippen LogP contribution < -0.4 is 5.11 Å². The van der Waals surface area contributed by atoms with E-state index in [0.717, 1.165) is 0 Å². The molecule has 6 nitrogen and oxygen atoms in total. The van der Waals surface area contributed by atoms with Gasteiger partial charge in [0, 0.05) is 0 Å². The Morgan fingerprint density at radius 3 is 2.23 bits per heavy atom. The number of rotatable bonds is 2. The van der Waals surface area contributed by atoms with Gasteiger partial charge in [0.2, 0.25) is 0 Å². The Bertz CT molecular complexity index is 205. The number of carboxylic acids is 1. The molecular formula is C7H9O6-. The first-order chi connectivity index (χ1) is 6.15. The Labute approximate surface area is 74.4 Å². The van der Waals surface area contributed by atoms with Gasteiger partial charge < -0.3 is 24.1 Å². The van der Waals surface area contributed by atoms with Crippen molar-refractivity contribution in [2.24, 2.45) is 0 Å². The predicted octanol–water partition coefficient (Wildman–Crippen LogP) is -2.31. The summed E-state index contributed by atoms with van der Waals surface area (Å²) in [4.78, 5) is 21.1. The largest absolute Gasteiger partial charge is 0.547 e. The number of ether oxygens (including phenoxy) is 3. The van der Waals surface area contributed by atoms with E-state index in [4.69, 9.17) is 9.47 Å². The highest BCUT2D eigenvalue weighted by Gasteiger charge is 2.28. The second kappa shape index (κ2) is 4.20. The summed E-state index contributed by atoms with van der Waals surface area (Å²) in [5.41, 5.74) is 0. The van der Waals surface area contributed by atoms with Crippen LogP contribution >= 0.6 is 0 Å². The van der Waals surface area contributed by atoms with Gasteiger partial charge in [-0.15, -0.1) is 0 Å². The molecule has 0 spiro atoms. The molecule has 0 saturated carbocycles. The molecule has 1 aliphatic heterocycles. The van der Waals surface area contributed by atoms with Gasteiger partial charge in [0.1, 0.15) is 6.10 Å². The van der Waals surface area contributed by atoms with E-state index >= 15 is 0 Å². The van der Waals surface area contributed by atoms with Crippen molar-refractivity contribution in [3.63, 3.8) is 0 Å². The molecule has 0 aromatic rings. The number of aliphatic carboxylic acids is 1. The molecule has 74 valence electrons. The first-order valence-electron chi connectivity index (χ1n) is 3.67. The highest BCUT2D eigenvalue weighted by molar-refractivity contribution is 5.75. The number of hydrogen-bond donors (Lipinski definition) is 0. The SMILES string of the molecule is COC(=O)C1COC(C(=O)[O-])CO1. The molecule has 0 aliphatic carbocycles. The van der Waals surface area contributed by atoms with Gasteiger partial charge in [0.05, 0.1) is 26.3 Å². The molecule has 1 aliphatic rings. The molecule has 0 radical (unpaired) electrons. The van der Waals surface area contributed by atoms with Crippen LogP contribution in [0.5, 0.6) is 0 Å². The van der Waals surface area contributed by atoms with Gasteiger partial charge in [-0.2, -0.15) is 0 Å². The Kier molecular flexibility index (Phi) is 3.21. The summed E-state index contributed by atoms with van der Waals surface area (Å²) in [5.74, 6) is -1.92. The lowest BCUT2D eigenvalue weighted by Crippen LogP contribution is -2.48. The lowest BCUT2D eigenvalue weighted by molar-refractivity contribution is -0.323. The molecule has 0 aromatic carbocycles. The van der Waals surface area contributed by atoms with E-state index in [1.54, 1.807) is 0 Å². The fraction of sp³-hybridized carbons (Fsp3) is 0.714. The highest BCUT2D eigenvalue weighted by atomic mass is 16.6. The fourth-order valence-corrected chi connectivity index (χ4v) is 0.907. The maximum atomic E-state index is 10.9. The van der Waals surface area contributed by atoms with E-state index in [-0.39, 0.29) is 13.2 Å². The zero-order chi connectivity index (χ0) is 9.84. The fourth-order valence-electron chi connectivity index (χ4n) is 0.907. The van der Waals surface area contributed by atoms with E-state index in [0.29, 0.717) is 0 Å². The maximum Gasteiger partial charge on any atom is 0.337 e. The number of carboxylic acid groups (broad SMARTS) is 1. The zero-order valence-electron chi connectivity index (χ0n) is 7.02. The number of esters is 1. The molecule has 1 fully saturated rings. The van der Waals surface area contributed by atoms with Gasteiger partial charge >= 0.3 is 5.97 Å². The minimum Gasteiger partial charge on any atom is -0.547 e. The van der Waals surface area contributed by atoms with Crippen molar-refractivity contribution in [2.45, 2.75) is 12.2 Å². The second-order valence-electron chi connectivity index (χ2n) is 2.49. The van der Waals surface area contributed by atoms with Gasteiger partial charge in [-0.3, -0.25) is 0 Å². The van der Waals surface area contributed by atoms with Gasteiger partial charge in [-0.25, -0.2) is 4.79 Å². The van der Waals surface area contributed by atoms with E-state index in [1.165, 1.54) is 7.11 Å². The summed E-state index contributed by atoms with van der Waals surface area (Å²) >= 11 is 0. The third-order valence-corrected chi connectivity index (χ3v) is 1.62. The molecule has 1 saturated heterocycles. The monoisotopic (exact) mass is 189 g/mol.